The van der Waals surface area contributed by atoms with Gasteiger partial charge >= 0.3 is 5.97 Å². The zero-order valence-electron chi connectivity index (χ0n) is 11.1. The van der Waals surface area contributed by atoms with Crippen LogP contribution in [0.5, 0.6) is 0 Å². The van der Waals surface area contributed by atoms with Gasteiger partial charge in [-0.05, 0) is 23.3 Å². The van der Waals surface area contributed by atoms with Crippen LogP contribution in [-0.4, -0.2) is 17.6 Å². The number of carboxylic acids is 1. The van der Waals surface area contributed by atoms with Gasteiger partial charge in [-0.3, -0.25) is 0 Å². The van der Waals surface area contributed by atoms with E-state index in [1.807, 2.05) is 42.5 Å². The number of hydrogen-bond acceptors (Lipinski definition) is 3. The lowest BCUT2D eigenvalue weighted by molar-refractivity contribution is 0.0697. The van der Waals surface area contributed by atoms with Crippen LogP contribution in [-0.2, 0) is 6.54 Å². The minimum absolute atomic E-state index is 0.0468. The second-order valence-electron chi connectivity index (χ2n) is 4.65. The van der Waals surface area contributed by atoms with Crippen molar-refractivity contribution in [1.29, 1.82) is 0 Å². The fraction of sp³-hybridized carbons (Fsp3) is 0.188. The van der Waals surface area contributed by atoms with E-state index in [1.165, 1.54) is 0 Å². The summed E-state index contributed by atoms with van der Waals surface area (Å²) in [4.78, 5) is 10.7. The Bertz CT molecular complexity index is 552. The molecule has 20 heavy (non-hydrogen) atoms. The van der Waals surface area contributed by atoms with E-state index < -0.39 is 5.97 Å². The van der Waals surface area contributed by atoms with E-state index >= 15 is 0 Å². The van der Waals surface area contributed by atoms with Crippen LogP contribution < -0.4 is 11.1 Å². The maximum Gasteiger partial charge on any atom is 0.335 e. The monoisotopic (exact) mass is 270 g/mol. The molecule has 0 amide bonds. The number of benzene rings is 2. The molecule has 2 rings (SSSR count). The number of nitrogens with two attached hydrogens (primary N) is 1. The van der Waals surface area contributed by atoms with Crippen LogP contribution in [0.25, 0.3) is 0 Å². The van der Waals surface area contributed by atoms with Gasteiger partial charge in [-0.1, -0.05) is 42.5 Å². The molecule has 0 bridgehead atoms. The van der Waals surface area contributed by atoms with Crippen molar-refractivity contribution in [3.05, 3.63) is 71.3 Å². The predicted octanol–water partition coefficient (Wildman–Crippen LogP) is 2.17. The van der Waals surface area contributed by atoms with Crippen LogP contribution in [0.2, 0.25) is 0 Å². The zero-order valence-corrected chi connectivity index (χ0v) is 11.1. The number of rotatable bonds is 6. The van der Waals surface area contributed by atoms with Crippen LogP contribution >= 0.6 is 0 Å². The average Bonchev–Trinajstić information content (AvgIpc) is 2.48. The summed E-state index contributed by atoms with van der Waals surface area (Å²) in [5.74, 6) is -0.907. The highest BCUT2D eigenvalue weighted by molar-refractivity contribution is 5.87. The first-order valence-corrected chi connectivity index (χ1v) is 6.50. The molecule has 0 aliphatic rings. The summed E-state index contributed by atoms with van der Waals surface area (Å²) in [6.07, 6.45) is 0. The maximum atomic E-state index is 10.7. The van der Waals surface area contributed by atoms with Gasteiger partial charge in [0, 0.05) is 19.1 Å². The van der Waals surface area contributed by atoms with Crippen molar-refractivity contribution < 1.29 is 9.90 Å². The normalized spacial score (nSPS) is 12.1. The summed E-state index contributed by atoms with van der Waals surface area (Å²) in [6, 6.07) is 16.7. The van der Waals surface area contributed by atoms with Crippen LogP contribution in [0.3, 0.4) is 0 Å². The minimum Gasteiger partial charge on any atom is -0.478 e. The number of carbonyl (C=O) groups is 1. The van der Waals surface area contributed by atoms with Gasteiger partial charge in [-0.25, -0.2) is 4.79 Å². The molecule has 0 aromatic heterocycles. The Kier molecular flexibility index (Phi) is 4.87. The summed E-state index contributed by atoms with van der Waals surface area (Å²) in [7, 11) is 0. The van der Waals surface area contributed by atoms with Gasteiger partial charge in [-0.2, -0.15) is 0 Å². The first kappa shape index (κ1) is 14.2. The summed E-state index contributed by atoms with van der Waals surface area (Å²) < 4.78 is 0. The van der Waals surface area contributed by atoms with Gasteiger partial charge in [0.25, 0.3) is 0 Å². The second-order valence-corrected chi connectivity index (χ2v) is 4.65. The molecule has 1 atom stereocenters. The molecule has 0 radical (unpaired) electrons. The van der Waals surface area contributed by atoms with E-state index in [0.29, 0.717) is 18.7 Å². The SMILES string of the molecule is N[C@@H](CNCc1ccc(C(=O)O)cc1)c1ccccc1. The highest BCUT2D eigenvalue weighted by atomic mass is 16.4. The maximum absolute atomic E-state index is 10.7. The van der Waals surface area contributed by atoms with Crippen LogP contribution in [0, 0.1) is 0 Å². The zero-order chi connectivity index (χ0) is 14.4. The van der Waals surface area contributed by atoms with Gasteiger partial charge in [0.15, 0.2) is 0 Å². The molecule has 0 saturated heterocycles. The van der Waals surface area contributed by atoms with E-state index in [0.717, 1.165) is 11.1 Å². The van der Waals surface area contributed by atoms with Crippen molar-refractivity contribution in [2.24, 2.45) is 5.73 Å². The number of hydrogen-bond donors (Lipinski definition) is 3. The Morgan fingerprint density at radius 3 is 2.35 bits per heavy atom. The molecule has 104 valence electrons. The molecule has 0 aliphatic heterocycles. The summed E-state index contributed by atoms with van der Waals surface area (Å²) in [5.41, 5.74) is 8.52. The second kappa shape index (κ2) is 6.84. The van der Waals surface area contributed by atoms with Gasteiger partial charge in [0.1, 0.15) is 0 Å². The Labute approximate surface area is 118 Å². The van der Waals surface area contributed by atoms with Crippen molar-refractivity contribution in [3.63, 3.8) is 0 Å². The Morgan fingerprint density at radius 2 is 1.75 bits per heavy atom. The van der Waals surface area contributed by atoms with Crippen molar-refractivity contribution in [3.8, 4) is 0 Å². The molecule has 4 N–H and O–H groups in total. The van der Waals surface area contributed by atoms with Gasteiger partial charge in [0.05, 0.1) is 5.56 Å². The summed E-state index contributed by atoms with van der Waals surface area (Å²) in [5, 5.41) is 12.1. The van der Waals surface area contributed by atoms with Crippen molar-refractivity contribution in [2.75, 3.05) is 6.54 Å². The number of carboxylic acid groups (broad SMARTS) is 1. The molecule has 4 nitrogen and oxygen atoms in total. The molecule has 0 unspecified atom stereocenters. The number of aromatic carboxylic acids is 1. The first-order chi connectivity index (χ1) is 9.66. The van der Waals surface area contributed by atoms with Gasteiger partial charge < -0.3 is 16.2 Å². The standard InChI is InChI=1S/C16H18N2O2/c17-15(13-4-2-1-3-5-13)11-18-10-12-6-8-14(9-7-12)16(19)20/h1-9,15,18H,10-11,17H2,(H,19,20)/t15-/m0/s1. The lowest BCUT2D eigenvalue weighted by Gasteiger charge is -2.13. The van der Waals surface area contributed by atoms with E-state index in [1.54, 1.807) is 12.1 Å². The summed E-state index contributed by atoms with van der Waals surface area (Å²) >= 11 is 0. The minimum atomic E-state index is -0.907. The molecular weight excluding hydrogens is 252 g/mol. The Morgan fingerprint density at radius 1 is 1.10 bits per heavy atom. The molecule has 2 aromatic rings. The smallest absolute Gasteiger partial charge is 0.335 e. The topological polar surface area (TPSA) is 75.3 Å². The van der Waals surface area contributed by atoms with Gasteiger partial charge in [0.2, 0.25) is 0 Å². The lowest BCUT2D eigenvalue weighted by atomic mass is 10.1. The molecular formula is C16H18N2O2. The van der Waals surface area contributed by atoms with Gasteiger partial charge in [-0.15, -0.1) is 0 Å². The van der Waals surface area contributed by atoms with E-state index in [9.17, 15) is 4.79 Å². The fourth-order valence-corrected chi connectivity index (χ4v) is 1.96. The summed E-state index contributed by atoms with van der Waals surface area (Å²) in [6.45, 7) is 1.34. The molecule has 4 heteroatoms. The van der Waals surface area contributed by atoms with Crippen LogP contribution in [0.1, 0.15) is 27.5 Å². The first-order valence-electron chi connectivity index (χ1n) is 6.50. The van der Waals surface area contributed by atoms with Crippen molar-refractivity contribution in [1.82, 2.24) is 5.32 Å². The largest absolute Gasteiger partial charge is 0.478 e. The quantitative estimate of drug-likeness (QED) is 0.752. The predicted molar refractivity (Wildman–Crippen MR) is 78.5 cm³/mol. The fourth-order valence-electron chi connectivity index (χ4n) is 1.96. The highest BCUT2D eigenvalue weighted by Crippen LogP contribution is 2.09. The van der Waals surface area contributed by atoms with E-state index in [4.69, 9.17) is 10.8 Å². The third kappa shape index (κ3) is 3.91. The Hall–Kier alpha value is -2.17. The lowest BCUT2D eigenvalue weighted by Crippen LogP contribution is -2.26. The van der Waals surface area contributed by atoms with E-state index in [-0.39, 0.29) is 6.04 Å². The van der Waals surface area contributed by atoms with Crippen molar-refractivity contribution >= 4 is 5.97 Å². The molecule has 0 spiro atoms. The number of nitrogens with one attached hydrogen (secondary N) is 1. The Balaban J connectivity index is 1.82. The highest BCUT2D eigenvalue weighted by Gasteiger charge is 2.05. The van der Waals surface area contributed by atoms with Crippen LogP contribution in [0.4, 0.5) is 0 Å². The molecule has 0 saturated carbocycles. The van der Waals surface area contributed by atoms with Crippen LogP contribution in [0.15, 0.2) is 54.6 Å². The third-order valence-corrected chi connectivity index (χ3v) is 3.12. The molecule has 0 fully saturated rings. The van der Waals surface area contributed by atoms with E-state index in [2.05, 4.69) is 5.32 Å². The molecule has 2 aromatic carbocycles. The third-order valence-electron chi connectivity index (χ3n) is 3.12. The average molecular weight is 270 g/mol. The van der Waals surface area contributed by atoms with Crippen molar-refractivity contribution in [2.45, 2.75) is 12.6 Å². The molecule has 0 heterocycles. The molecule has 0 aliphatic carbocycles.